The molecule has 0 spiro atoms. The topological polar surface area (TPSA) is 100 Å². The van der Waals surface area contributed by atoms with Gasteiger partial charge >= 0.3 is 5.92 Å². The number of fused-ring (bicyclic) bond motifs is 1. The molecule has 8 nitrogen and oxygen atoms in total. The van der Waals surface area contributed by atoms with Crippen molar-refractivity contribution in [1.82, 2.24) is 24.8 Å². The van der Waals surface area contributed by atoms with E-state index in [4.69, 9.17) is 0 Å². The second-order valence-corrected chi connectivity index (χ2v) is 6.39. The third-order valence-corrected chi connectivity index (χ3v) is 4.21. The molecule has 1 aromatic carbocycles. The maximum absolute atomic E-state index is 15.0. The van der Waals surface area contributed by atoms with E-state index in [1.165, 1.54) is 10.7 Å². The molecule has 2 N–H and O–H groups in total. The average molecular weight is 401 g/mol. The number of nitrogens with one attached hydrogen (secondary N) is 2. The van der Waals surface area contributed by atoms with Crippen molar-refractivity contribution in [2.75, 3.05) is 5.32 Å². The fourth-order valence-corrected chi connectivity index (χ4v) is 2.83. The third kappa shape index (κ3) is 3.53. The molecule has 4 aromatic rings. The Morgan fingerprint density at radius 2 is 2.00 bits per heavy atom. The van der Waals surface area contributed by atoms with Gasteiger partial charge in [-0.25, -0.2) is 13.9 Å². The number of nitrogens with zero attached hydrogens (tertiary/aromatic N) is 5. The number of aromatic nitrogens is 5. The largest absolute Gasteiger partial charge is 0.333 e. The van der Waals surface area contributed by atoms with Gasteiger partial charge in [-0.15, -0.1) is 5.10 Å². The zero-order chi connectivity index (χ0) is 20.6. The van der Waals surface area contributed by atoms with Crippen LogP contribution in [0.5, 0.6) is 0 Å². The molecular weight excluding hydrogens is 387 g/mol. The van der Waals surface area contributed by atoms with Gasteiger partial charge in [0.05, 0.1) is 0 Å². The van der Waals surface area contributed by atoms with Crippen molar-refractivity contribution in [2.24, 2.45) is 5.18 Å². The number of hydrogen-bond acceptors (Lipinski definition) is 6. The fourth-order valence-electron chi connectivity index (χ4n) is 2.83. The monoisotopic (exact) mass is 401 g/mol. The second-order valence-electron chi connectivity index (χ2n) is 6.39. The summed E-state index contributed by atoms with van der Waals surface area (Å²) >= 11 is 0. The molecule has 0 amide bonds. The molecular formula is C18H14F3N7O. The van der Waals surface area contributed by atoms with Crippen LogP contribution in [0.25, 0.3) is 5.52 Å². The molecule has 0 fully saturated rings. The van der Waals surface area contributed by atoms with Gasteiger partial charge in [0.1, 0.15) is 17.9 Å². The standard InChI is InChI=1S/C18H14F3N7O/c1-10-6-15(26-25-10)23-16-14-7-11(8-22-29)9-28(14)27-17(24-16)18(20,21)12-2-4-13(19)5-3-12/h2-7,9H,8H2,1H3,(H2,23,24,25,26,27). The van der Waals surface area contributed by atoms with E-state index in [0.29, 0.717) is 16.9 Å². The summed E-state index contributed by atoms with van der Waals surface area (Å²) in [5.41, 5.74) is 1.15. The summed E-state index contributed by atoms with van der Waals surface area (Å²) in [7, 11) is 0. The van der Waals surface area contributed by atoms with Crippen molar-refractivity contribution in [2.45, 2.75) is 19.4 Å². The number of benzene rings is 1. The third-order valence-electron chi connectivity index (χ3n) is 4.21. The molecule has 0 saturated heterocycles. The Kier molecular flexibility index (Phi) is 4.49. The van der Waals surface area contributed by atoms with Gasteiger partial charge in [0.25, 0.3) is 0 Å². The Labute approximate surface area is 161 Å². The minimum atomic E-state index is -3.59. The maximum Gasteiger partial charge on any atom is 0.333 e. The number of rotatable bonds is 6. The van der Waals surface area contributed by atoms with Crippen LogP contribution < -0.4 is 5.32 Å². The number of H-pyrrole nitrogens is 1. The number of halogens is 3. The lowest BCUT2D eigenvalue weighted by atomic mass is 10.1. The van der Waals surface area contributed by atoms with E-state index < -0.39 is 23.1 Å². The highest BCUT2D eigenvalue weighted by Gasteiger charge is 2.39. The van der Waals surface area contributed by atoms with E-state index in [-0.39, 0.29) is 12.4 Å². The fraction of sp³-hybridized carbons (Fsp3) is 0.167. The van der Waals surface area contributed by atoms with E-state index >= 15 is 8.78 Å². The van der Waals surface area contributed by atoms with Crippen LogP contribution in [0.1, 0.15) is 22.6 Å². The Bertz CT molecular complexity index is 1180. The normalized spacial score (nSPS) is 11.7. The molecule has 0 radical (unpaired) electrons. The molecule has 148 valence electrons. The smallest absolute Gasteiger partial charge is 0.322 e. The Hall–Kier alpha value is -3.76. The van der Waals surface area contributed by atoms with Crippen molar-refractivity contribution in [3.8, 4) is 0 Å². The second kappa shape index (κ2) is 7.00. The zero-order valence-electron chi connectivity index (χ0n) is 15.0. The first kappa shape index (κ1) is 18.6. The number of alkyl halides is 2. The van der Waals surface area contributed by atoms with Gasteiger partial charge < -0.3 is 5.32 Å². The molecule has 0 aliphatic carbocycles. The van der Waals surface area contributed by atoms with Crippen LogP contribution in [0.2, 0.25) is 0 Å². The summed E-state index contributed by atoms with van der Waals surface area (Å²) in [6, 6.07) is 7.08. The molecule has 4 rings (SSSR count). The molecule has 0 unspecified atom stereocenters. The summed E-state index contributed by atoms with van der Waals surface area (Å²) in [5, 5.41) is 16.4. The molecule has 11 heteroatoms. The highest BCUT2D eigenvalue weighted by Crippen LogP contribution is 2.35. The summed E-state index contributed by atoms with van der Waals surface area (Å²) < 4.78 is 44.4. The molecule has 3 heterocycles. The van der Waals surface area contributed by atoms with E-state index in [9.17, 15) is 9.30 Å². The predicted molar refractivity (Wildman–Crippen MR) is 98.5 cm³/mol. The van der Waals surface area contributed by atoms with Crippen molar-refractivity contribution in [1.29, 1.82) is 0 Å². The highest BCUT2D eigenvalue weighted by molar-refractivity contribution is 5.73. The van der Waals surface area contributed by atoms with Crippen molar-refractivity contribution in [3.63, 3.8) is 0 Å². The lowest BCUT2D eigenvalue weighted by Gasteiger charge is -2.16. The summed E-state index contributed by atoms with van der Waals surface area (Å²) in [5.74, 6) is -4.58. The Morgan fingerprint density at radius 3 is 2.66 bits per heavy atom. The maximum atomic E-state index is 15.0. The van der Waals surface area contributed by atoms with Crippen LogP contribution in [-0.4, -0.2) is 24.8 Å². The van der Waals surface area contributed by atoms with Gasteiger partial charge in [-0.05, 0) is 42.8 Å². The van der Waals surface area contributed by atoms with Crippen LogP contribution in [0.4, 0.5) is 24.8 Å². The molecule has 0 aliphatic rings. The van der Waals surface area contributed by atoms with E-state index in [2.05, 4.69) is 30.8 Å². The Morgan fingerprint density at radius 1 is 1.24 bits per heavy atom. The molecule has 0 saturated carbocycles. The Balaban J connectivity index is 1.85. The summed E-state index contributed by atoms with van der Waals surface area (Å²) in [4.78, 5) is 14.6. The van der Waals surface area contributed by atoms with Crippen molar-refractivity contribution in [3.05, 3.63) is 76.0 Å². The lowest BCUT2D eigenvalue weighted by Crippen LogP contribution is -2.21. The highest BCUT2D eigenvalue weighted by atomic mass is 19.3. The molecule has 0 bridgehead atoms. The van der Waals surface area contributed by atoms with Crippen LogP contribution in [0.3, 0.4) is 0 Å². The lowest BCUT2D eigenvalue weighted by molar-refractivity contribution is 0.0315. The van der Waals surface area contributed by atoms with Crippen LogP contribution >= 0.6 is 0 Å². The molecule has 0 atom stereocenters. The van der Waals surface area contributed by atoms with E-state index in [0.717, 1.165) is 30.0 Å². The average Bonchev–Trinajstić information content (AvgIpc) is 3.28. The molecule has 0 aliphatic heterocycles. The van der Waals surface area contributed by atoms with Crippen LogP contribution in [0.15, 0.2) is 47.8 Å². The quantitative estimate of drug-likeness (QED) is 0.475. The SMILES string of the molecule is Cc1cc(Nc2nc(C(F)(F)c3ccc(F)cc3)nn3cc(CN=O)cc23)n[nH]1. The minimum Gasteiger partial charge on any atom is -0.322 e. The first-order valence-corrected chi connectivity index (χ1v) is 8.48. The molecule has 29 heavy (non-hydrogen) atoms. The van der Waals surface area contributed by atoms with Gasteiger partial charge in [0.15, 0.2) is 11.6 Å². The molecule has 3 aromatic heterocycles. The first-order valence-electron chi connectivity index (χ1n) is 8.48. The van der Waals surface area contributed by atoms with Crippen LogP contribution in [-0.2, 0) is 12.5 Å². The van der Waals surface area contributed by atoms with Gasteiger partial charge in [0, 0.05) is 23.5 Å². The van der Waals surface area contributed by atoms with Gasteiger partial charge in [-0.2, -0.15) is 18.8 Å². The zero-order valence-corrected chi connectivity index (χ0v) is 15.0. The summed E-state index contributed by atoms with van der Waals surface area (Å²) in [6.45, 7) is 1.64. The van der Waals surface area contributed by atoms with Crippen molar-refractivity contribution < 1.29 is 13.2 Å². The number of aryl methyl sites for hydroxylation is 1. The number of nitroso groups, excluding NO2 is 1. The van der Waals surface area contributed by atoms with Gasteiger partial charge in [-0.3, -0.25) is 5.10 Å². The number of aromatic amines is 1. The first-order chi connectivity index (χ1) is 13.9. The van der Waals surface area contributed by atoms with Gasteiger partial charge in [-0.1, -0.05) is 5.18 Å². The van der Waals surface area contributed by atoms with Crippen molar-refractivity contribution >= 4 is 17.2 Å². The number of hydrogen-bond donors (Lipinski definition) is 2. The van der Waals surface area contributed by atoms with Crippen LogP contribution in [0, 0.1) is 17.6 Å². The minimum absolute atomic E-state index is 0.0698. The predicted octanol–water partition coefficient (Wildman–Crippen LogP) is 4.05. The van der Waals surface area contributed by atoms with E-state index in [1.807, 2.05) is 0 Å². The van der Waals surface area contributed by atoms with Gasteiger partial charge in [0.2, 0.25) is 5.82 Å². The number of anilines is 2. The van der Waals surface area contributed by atoms with E-state index in [1.54, 1.807) is 19.1 Å². The summed E-state index contributed by atoms with van der Waals surface area (Å²) in [6.07, 6.45) is 1.42.